The van der Waals surface area contributed by atoms with E-state index in [0.29, 0.717) is 42.7 Å². The fourth-order valence-corrected chi connectivity index (χ4v) is 5.02. The second-order valence-corrected chi connectivity index (χ2v) is 11.0. The number of aromatic hydroxyl groups is 1. The standard InChI is InChI=1S/C16H10Cl2N2O3.C16H10Cl2N2O2/c17-10-7-5-9(6-8-10)14-15(21)13(16(22)23)19-20(14)12-4-2-1-3-11(12)18;17-11-7-5-10(6-8-11)15-9-13(16(21)22)19-20(15)14-4-2-1-3-12(14)18/h1-8,21H,(H,22,23);1-9H,(H,21,22). The molecule has 0 spiro atoms. The third-order valence-electron chi connectivity index (χ3n) is 6.41. The van der Waals surface area contributed by atoms with Crippen molar-refractivity contribution in [3.63, 3.8) is 0 Å². The number of carbonyl (C=O) groups is 2. The second kappa shape index (κ2) is 13.5. The lowest BCUT2D eigenvalue weighted by Gasteiger charge is -2.09. The first-order chi connectivity index (χ1) is 21.5. The Kier molecular flexibility index (Phi) is 9.45. The fourth-order valence-electron chi connectivity index (χ4n) is 4.34. The molecule has 0 aliphatic heterocycles. The number of carboxylic acid groups (broad SMARTS) is 2. The Bertz CT molecular complexity index is 2020. The van der Waals surface area contributed by atoms with Crippen molar-refractivity contribution in [2.45, 2.75) is 0 Å². The van der Waals surface area contributed by atoms with Crippen molar-refractivity contribution in [2.24, 2.45) is 0 Å². The average Bonchev–Trinajstić information content (AvgIpc) is 3.61. The number of carboxylic acids is 2. The molecule has 0 fully saturated rings. The van der Waals surface area contributed by atoms with Crippen LogP contribution in [0.1, 0.15) is 21.0 Å². The van der Waals surface area contributed by atoms with Crippen molar-refractivity contribution in [2.75, 3.05) is 0 Å². The van der Waals surface area contributed by atoms with Crippen molar-refractivity contribution < 1.29 is 24.9 Å². The molecule has 6 aromatic rings. The average molecular weight is 682 g/mol. The molecule has 0 bridgehead atoms. The lowest BCUT2D eigenvalue weighted by Crippen LogP contribution is -2.02. The molecule has 0 atom stereocenters. The molecule has 45 heavy (non-hydrogen) atoms. The van der Waals surface area contributed by atoms with E-state index >= 15 is 0 Å². The molecule has 3 N–H and O–H groups in total. The van der Waals surface area contributed by atoms with Crippen molar-refractivity contribution in [1.29, 1.82) is 0 Å². The maximum absolute atomic E-state index is 11.3. The molecule has 13 heteroatoms. The molecule has 9 nitrogen and oxygen atoms in total. The largest absolute Gasteiger partial charge is 0.504 e. The van der Waals surface area contributed by atoms with E-state index < -0.39 is 23.4 Å². The summed E-state index contributed by atoms with van der Waals surface area (Å²) in [5, 5.41) is 38.9. The third-order valence-corrected chi connectivity index (χ3v) is 7.55. The number of hydrogen-bond acceptors (Lipinski definition) is 5. The van der Waals surface area contributed by atoms with Crippen molar-refractivity contribution in [1.82, 2.24) is 19.6 Å². The van der Waals surface area contributed by atoms with Crippen LogP contribution in [0.4, 0.5) is 0 Å². The molecule has 0 aliphatic carbocycles. The molecule has 2 aromatic heterocycles. The van der Waals surface area contributed by atoms with Crippen LogP contribution < -0.4 is 0 Å². The second-order valence-electron chi connectivity index (χ2n) is 9.31. The van der Waals surface area contributed by atoms with E-state index in [9.17, 15) is 24.9 Å². The van der Waals surface area contributed by atoms with E-state index in [1.54, 1.807) is 91.0 Å². The predicted octanol–water partition coefficient (Wildman–Crippen LogP) is 8.79. The van der Waals surface area contributed by atoms with E-state index in [0.717, 1.165) is 5.56 Å². The highest BCUT2D eigenvalue weighted by atomic mass is 35.5. The van der Waals surface area contributed by atoms with Crippen molar-refractivity contribution >= 4 is 58.3 Å². The van der Waals surface area contributed by atoms with Crippen LogP contribution in [0.15, 0.2) is 103 Å². The summed E-state index contributed by atoms with van der Waals surface area (Å²) in [7, 11) is 0. The highest BCUT2D eigenvalue weighted by Gasteiger charge is 2.25. The Balaban J connectivity index is 0.000000178. The summed E-state index contributed by atoms with van der Waals surface area (Å²) in [5.74, 6) is -2.86. The molecular weight excluding hydrogens is 662 g/mol. The normalized spacial score (nSPS) is 10.7. The molecule has 226 valence electrons. The van der Waals surface area contributed by atoms with Crippen LogP contribution in [-0.2, 0) is 0 Å². The van der Waals surface area contributed by atoms with Gasteiger partial charge in [-0.2, -0.15) is 10.2 Å². The minimum Gasteiger partial charge on any atom is -0.504 e. The summed E-state index contributed by atoms with van der Waals surface area (Å²) in [6, 6.07) is 29.1. The summed E-state index contributed by atoms with van der Waals surface area (Å²) in [4.78, 5) is 22.5. The molecule has 0 aliphatic rings. The van der Waals surface area contributed by atoms with Gasteiger partial charge in [0.2, 0.25) is 5.69 Å². The Morgan fingerprint density at radius 3 is 1.58 bits per heavy atom. The van der Waals surface area contributed by atoms with Crippen LogP contribution in [0.5, 0.6) is 5.75 Å². The number of hydrogen-bond donors (Lipinski definition) is 3. The van der Waals surface area contributed by atoms with Gasteiger partial charge in [0.1, 0.15) is 5.69 Å². The van der Waals surface area contributed by atoms with Gasteiger partial charge in [-0.05, 0) is 54.6 Å². The number of aromatic carboxylic acids is 2. The highest BCUT2D eigenvalue weighted by molar-refractivity contribution is 6.33. The quantitative estimate of drug-likeness (QED) is 0.160. The van der Waals surface area contributed by atoms with Crippen LogP contribution in [-0.4, -0.2) is 46.8 Å². The van der Waals surface area contributed by atoms with Crippen LogP contribution in [0.2, 0.25) is 20.1 Å². The smallest absolute Gasteiger partial charge is 0.360 e. The molecule has 0 radical (unpaired) electrons. The topological polar surface area (TPSA) is 130 Å². The monoisotopic (exact) mass is 680 g/mol. The van der Waals surface area contributed by atoms with Crippen LogP contribution in [0.3, 0.4) is 0 Å². The van der Waals surface area contributed by atoms with Gasteiger partial charge in [-0.3, -0.25) is 0 Å². The summed E-state index contributed by atoms with van der Waals surface area (Å²) < 4.78 is 2.83. The minimum absolute atomic E-state index is 0.0510. The van der Waals surface area contributed by atoms with E-state index in [4.69, 9.17) is 46.4 Å². The Hall–Kier alpha value is -4.80. The maximum Gasteiger partial charge on any atom is 0.360 e. The lowest BCUT2D eigenvalue weighted by molar-refractivity contribution is 0.0677. The zero-order chi connectivity index (χ0) is 32.2. The first-order valence-corrected chi connectivity index (χ1v) is 14.5. The number of para-hydroxylation sites is 2. The van der Waals surface area contributed by atoms with Gasteiger partial charge in [0, 0.05) is 21.2 Å². The maximum atomic E-state index is 11.3. The molecule has 0 saturated carbocycles. The van der Waals surface area contributed by atoms with Crippen LogP contribution >= 0.6 is 46.4 Å². The van der Waals surface area contributed by atoms with Gasteiger partial charge < -0.3 is 15.3 Å². The van der Waals surface area contributed by atoms with Gasteiger partial charge in [-0.1, -0.05) is 94.9 Å². The van der Waals surface area contributed by atoms with Gasteiger partial charge >= 0.3 is 11.9 Å². The van der Waals surface area contributed by atoms with Gasteiger partial charge in [0.05, 0.1) is 27.1 Å². The number of rotatable bonds is 6. The molecule has 2 heterocycles. The van der Waals surface area contributed by atoms with Crippen molar-refractivity contribution in [3.8, 4) is 39.6 Å². The fraction of sp³-hybridized carbons (Fsp3) is 0. The summed E-state index contributed by atoms with van der Waals surface area (Å²) >= 11 is 24.2. The van der Waals surface area contributed by atoms with E-state index in [1.807, 2.05) is 6.07 Å². The van der Waals surface area contributed by atoms with Gasteiger partial charge in [-0.25, -0.2) is 19.0 Å². The van der Waals surface area contributed by atoms with E-state index in [-0.39, 0.29) is 11.4 Å². The van der Waals surface area contributed by atoms with E-state index in [1.165, 1.54) is 15.4 Å². The minimum atomic E-state index is -1.33. The highest BCUT2D eigenvalue weighted by Crippen LogP contribution is 2.36. The number of benzene rings is 4. The zero-order valence-corrected chi connectivity index (χ0v) is 25.8. The Labute approximate surface area is 276 Å². The Morgan fingerprint density at radius 2 is 1.09 bits per heavy atom. The summed E-state index contributed by atoms with van der Waals surface area (Å²) in [5.41, 5.74) is 2.79. The first-order valence-electron chi connectivity index (χ1n) is 13.0. The van der Waals surface area contributed by atoms with Gasteiger partial charge in [-0.15, -0.1) is 0 Å². The zero-order valence-electron chi connectivity index (χ0n) is 22.8. The number of halogens is 4. The van der Waals surface area contributed by atoms with E-state index in [2.05, 4.69) is 10.2 Å². The molecular formula is C32H20Cl4N4O5. The summed E-state index contributed by atoms with van der Waals surface area (Å²) in [6.07, 6.45) is 0. The molecule has 0 saturated heterocycles. The first kappa shape index (κ1) is 31.6. The number of aromatic nitrogens is 4. The van der Waals surface area contributed by atoms with Crippen molar-refractivity contribution in [3.05, 3.63) is 135 Å². The molecule has 4 aromatic carbocycles. The van der Waals surface area contributed by atoms with Gasteiger partial charge in [0.15, 0.2) is 11.4 Å². The van der Waals surface area contributed by atoms with Gasteiger partial charge in [0.25, 0.3) is 0 Å². The SMILES string of the molecule is O=C(O)c1cc(-c2ccc(Cl)cc2)n(-c2ccccc2Cl)n1.O=C(O)c1nn(-c2ccccc2Cl)c(-c2ccc(Cl)cc2)c1O. The predicted molar refractivity (Wildman–Crippen MR) is 174 cm³/mol. The molecule has 0 amide bonds. The summed E-state index contributed by atoms with van der Waals surface area (Å²) in [6.45, 7) is 0. The van der Waals surface area contributed by atoms with Crippen LogP contribution in [0.25, 0.3) is 33.9 Å². The molecule has 6 rings (SSSR count). The lowest BCUT2D eigenvalue weighted by atomic mass is 10.1. The molecule has 0 unspecified atom stereocenters. The van der Waals surface area contributed by atoms with Crippen LogP contribution in [0, 0.1) is 0 Å². The third kappa shape index (κ3) is 6.82. The number of nitrogens with zero attached hydrogens (tertiary/aromatic N) is 4. The Morgan fingerprint density at radius 1 is 0.600 bits per heavy atom.